The summed E-state index contributed by atoms with van der Waals surface area (Å²) in [6.07, 6.45) is 5.90. The van der Waals surface area contributed by atoms with Crippen LogP contribution in [-0.2, 0) is 0 Å². The lowest BCUT2D eigenvalue weighted by atomic mass is 10.1. The van der Waals surface area contributed by atoms with Gasteiger partial charge >= 0.3 is 0 Å². The van der Waals surface area contributed by atoms with E-state index in [4.69, 9.17) is 11.6 Å². The lowest BCUT2D eigenvalue weighted by molar-refractivity contribution is 0.178. The average Bonchev–Trinajstić information content (AvgIpc) is 3.07. The second-order valence-electron chi connectivity index (χ2n) is 4.89. The molecule has 8 heteroatoms. The molecule has 0 radical (unpaired) electrons. The van der Waals surface area contributed by atoms with E-state index in [0.29, 0.717) is 17.8 Å². The Morgan fingerprint density at radius 3 is 2.95 bits per heavy atom. The molecule has 106 valence electrons. The van der Waals surface area contributed by atoms with Crippen LogP contribution in [0, 0.1) is 5.92 Å². The molecule has 3 rings (SSSR count). The second-order valence-corrected chi connectivity index (χ2v) is 5.23. The first-order valence-electron chi connectivity index (χ1n) is 6.54. The number of anilines is 1. The van der Waals surface area contributed by atoms with Gasteiger partial charge in [-0.05, 0) is 42.8 Å². The Labute approximate surface area is 121 Å². The fourth-order valence-corrected chi connectivity index (χ4v) is 2.53. The first-order valence-corrected chi connectivity index (χ1v) is 6.92. The molecule has 2 unspecified atom stereocenters. The molecule has 2 aromatic rings. The van der Waals surface area contributed by atoms with Crippen molar-refractivity contribution in [3.05, 3.63) is 23.7 Å². The summed E-state index contributed by atoms with van der Waals surface area (Å²) in [5.41, 5.74) is 0. The van der Waals surface area contributed by atoms with Gasteiger partial charge in [-0.2, -0.15) is 20.1 Å². The van der Waals surface area contributed by atoms with Crippen LogP contribution in [0.15, 0.2) is 18.5 Å². The van der Waals surface area contributed by atoms with Crippen molar-refractivity contribution >= 4 is 17.5 Å². The standard InChI is InChI=1S/C12H15ClN6O/c13-10-16-11(14-7-8-2-3-9(20)6-8)18-12(17-10)19-5-1-4-15-19/h1,4-5,8-9,20H,2-3,6-7H2,(H,14,16,17,18). The Bertz CT molecular complexity index is 575. The molecule has 0 aromatic carbocycles. The fraction of sp³-hybridized carbons (Fsp3) is 0.500. The van der Waals surface area contributed by atoms with E-state index in [1.165, 1.54) is 4.68 Å². The summed E-state index contributed by atoms with van der Waals surface area (Å²) in [7, 11) is 0. The van der Waals surface area contributed by atoms with E-state index in [2.05, 4.69) is 25.4 Å². The molecule has 0 amide bonds. The quantitative estimate of drug-likeness (QED) is 0.883. The van der Waals surface area contributed by atoms with Gasteiger partial charge in [-0.15, -0.1) is 0 Å². The van der Waals surface area contributed by atoms with Gasteiger partial charge in [-0.25, -0.2) is 4.68 Å². The zero-order valence-corrected chi connectivity index (χ0v) is 11.5. The zero-order valence-electron chi connectivity index (χ0n) is 10.8. The first kappa shape index (κ1) is 13.3. The zero-order chi connectivity index (χ0) is 13.9. The van der Waals surface area contributed by atoms with Crippen LogP contribution in [0.3, 0.4) is 0 Å². The van der Waals surface area contributed by atoms with E-state index < -0.39 is 0 Å². The highest BCUT2D eigenvalue weighted by molar-refractivity contribution is 6.28. The SMILES string of the molecule is OC1CCC(CNc2nc(Cl)nc(-n3cccn3)n2)C1. The van der Waals surface area contributed by atoms with Gasteiger partial charge in [0.25, 0.3) is 5.95 Å². The number of nitrogens with zero attached hydrogens (tertiary/aromatic N) is 5. The van der Waals surface area contributed by atoms with Gasteiger partial charge in [-0.3, -0.25) is 0 Å². The molecule has 2 N–H and O–H groups in total. The summed E-state index contributed by atoms with van der Waals surface area (Å²) >= 11 is 5.90. The molecule has 1 saturated carbocycles. The first-order chi connectivity index (χ1) is 9.70. The molecule has 2 aromatic heterocycles. The lowest BCUT2D eigenvalue weighted by Gasteiger charge is -2.11. The molecular weight excluding hydrogens is 280 g/mol. The molecule has 0 spiro atoms. The van der Waals surface area contributed by atoms with Crippen LogP contribution in [0.5, 0.6) is 0 Å². The molecule has 1 fully saturated rings. The molecule has 1 aliphatic carbocycles. The molecule has 20 heavy (non-hydrogen) atoms. The van der Waals surface area contributed by atoms with E-state index in [1.54, 1.807) is 18.5 Å². The summed E-state index contributed by atoms with van der Waals surface area (Å²) in [5.74, 6) is 1.24. The van der Waals surface area contributed by atoms with Gasteiger partial charge in [0, 0.05) is 18.9 Å². The number of aliphatic hydroxyl groups is 1. The maximum atomic E-state index is 9.51. The van der Waals surface area contributed by atoms with Crippen molar-refractivity contribution in [1.82, 2.24) is 24.7 Å². The van der Waals surface area contributed by atoms with Crippen LogP contribution in [0.4, 0.5) is 5.95 Å². The minimum atomic E-state index is -0.177. The molecule has 1 aliphatic rings. The second kappa shape index (κ2) is 5.72. The van der Waals surface area contributed by atoms with Crippen LogP contribution in [0.1, 0.15) is 19.3 Å². The Morgan fingerprint density at radius 1 is 1.35 bits per heavy atom. The van der Waals surface area contributed by atoms with Crippen LogP contribution in [0.2, 0.25) is 5.28 Å². The Kier molecular flexibility index (Phi) is 3.79. The molecule has 2 heterocycles. The third-order valence-corrected chi connectivity index (χ3v) is 3.54. The van der Waals surface area contributed by atoms with Crippen molar-refractivity contribution in [1.29, 1.82) is 0 Å². The van der Waals surface area contributed by atoms with Gasteiger partial charge in [0.1, 0.15) is 0 Å². The minimum Gasteiger partial charge on any atom is -0.393 e. The molecular formula is C12H15ClN6O. The van der Waals surface area contributed by atoms with Crippen molar-refractivity contribution in [3.63, 3.8) is 0 Å². The largest absolute Gasteiger partial charge is 0.393 e. The molecule has 2 atom stereocenters. The highest BCUT2D eigenvalue weighted by Gasteiger charge is 2.22. The smallest absolute Gasteiger partial charge is 0.256 e. The van der Waals surface area contributed by atoms with Crippen molar-refractivity contribution < 1.29 is 5.11 Å². The maximum absolute atomic E-state index is 9.51. The van der Waals surface area contributed by atoms with E-state index >= 15 is 0 Å². The molecule has 0 bridgehead atoms. The molecule has 0 saturated heterocycles. The van der Waals surface area contributed by atoms with Crippen molar-refractivity contribution in [2.75, 3.05) is 11.9 Å². The summed E-state index contributed by atoms with van der Waals surface area (Å²) in [6, 6.07) is 1.78. The van der Waals surface area contributed by atoms with E-state index in [1.807, 2.05) is 0 Å². The number of aromatic nitrogens is 5. The number of hydrogen-bond acceptors (Lipinski definition) is 6. The van der Waals surface area contributed by atoms with Gasteiger partial charge in [0.15, 0.2) is 0 Å². The summed E-state index contributed by atoms with van der Waals surface area (Å²) in [5, 5.41) is 16.8. The van der Waals surface area contributed by atoms with E-state index in [9.17, 15) is 5.11 Å². The monoisotopic (exact) mass is 294 g/mol. The fourth-order valence-electron chi connectivity index (χ4n) is 2.38. The minimum absolute atomic E-state index is 0.124. The topological polar surface area (TPSA) is 88.8 Å². The lowest BCUT2D eigenvalue weighted by Crippen LogP contribution is -2.16. The highest BCUT2D eigenvalue weighted by atomic mass is 35.5. The van der Waals surface area contributed by atoms with Crippen molar-refractivity contribution in [2.45, 2.75) is 25.4 Å². The number of aliphatic hydroxyl groups excluding tert-OH is 1. The molecule has 0 aliphatic heterocycles. The Morgan fingerprint density at radius 2 is 2.25 bits per heavy atom. The third-order valence-electron chi connectivity index (χ3n) is 3.37. The number of nitrogens with one attached hydrogen (secondary N) is 1. The van der Waals surface area contributed by atoms with Crippen LogP contribution < -0.4 is 5.32 Å². The number of rotatable bonds is 4. The predicted molar refractivity (Wildman–Crippen MR) is 73.8 cm³/mol. The summed E-state index contributed by atoms with van der Waals surface area (Å²) < 4.78 is 1.53. The van der Waals surface area contributed by atoms with Crippen LogP contribution in [0.25, 0.3) is 5.95 Å². The van der Waals surface area contributed by atoms with E-state index in [0.717, 1.165) is 25.8 Å². The predicted octanol–water partition coefficient (Wildman–Crippen LogP) is 1.28. The number of hydrogen-bond donors (Lipinski definition) is 2. The molecule has 7 nitrogen and oxygen atoms in total. The van der Waals surface area contributed by atoms with Gasteiger partial charge in [0.05, 0.1) is 6.10 Å². The van der Waals surface area contributed by atoms with Crippen LogP contribution in [-0.4, -0.2) is 42.5 Å². The normalized spacial score (nSPS) is 22.1. The average molecular weight is 295 g/mol. The van der Waals surface area contributed by atoms with Crippen LogP contribution >= 0.6 is 11.6 Å². The summed E-state index contributed by atoms with van der Waals surface area (Å²) in [6.45, 7) is 0.718. The Hall–Kier alpha value is -1.73. The maximum Gasteiger partial charge on any atom is 0.256 e. The van der Waals surface area contributed by atoms with Gasteiger partial charge in [-0.1, -0.05) is 0 Å². The number of halogens is 1. The van der Waals surface area contributed by atoms with Crippen molar-refractivity contribution in [3.8, 4) is 5.95 Å². The van der Waals surface area contributed by atoms with E-state index in [-0.39, 0.29) is 11.4 Å². The summed E-state index contributed by atoms with van der Waals surface area (Å²) in [4.78, 5) is 12.4. The highest BCUT2D eigenvalue weighted by Crippen LogP contribution is 2.25. The third kappa shape index (κ3) is 3.05. The van der Waals surface area contributed by atoms with Crippen molar-refractivity contribution in [2.24, 2.45) is 5.92 Å². The Balaban J connectivity index is 1.70. The van der Waals surface area contributed by atoms with Gasteiger partial charge in [0.2, 0.25) is 11.2 Å². The van der Waals surface area contributed by atoms with Gasteiger partial charge < -0.3 is 10.4 Å².